The molecule has 1 aromatic carbocycles. The van der Waals surface area contributed by atoms with E-state index in [9.17, 15) is 0 Å². The van der Waals surface area contributed by atoms with Gasteiger partial charge >= 0.3 is 0 Å². The van der Waals surface area contributed by atoms with Gasteiger partial charge in [0.1, 0.15) is 6.33 Å². The number of hydrazone groups is 1. The highest BCUT2D eigenvalue weighted by Crippen LogP contribution is 2.17. The zero-order valence-corrected chi connectivity index (χ0v) is 10.4. The molecule has 0 aliphatic rings. The second kappa shape index (κ2) is 4.85. The Morgan fingerprint density at radius 3 is 2.89 bits per heavy atom. The Kier molecular flexibility index (Phi) is 2.89. The lowest BCUT2D eigenvalue weighted by Gasteiger charge is -2.00. The third kappa shape index (κ3) is 2.28. The molecule has 0 aliphatic heterocycles. The SMILES string of the molecule is Cn1ncc2c(N/N=C/c3ccccc3)ncnc21. The Labute approximate surface area is 109 Å². The van der Waals surface area contributed by atoms with Gasteiger partial charge in [0, 0.05) is 7.05 Å². The summed E-state index contributed by atoms with van der Waals surface area (Å²) in [7, 11) is 1.84. The van der Waals surface area contributed by atoms with Crippen LogP contribution >= 0.6 is 0 Å². The van der Waals surface area contributed by atoms with E-state index in [0.717, 1.165) is 16.6 Å². The van der Waals surface area contributed by atoms with E-state index in [-0.39, 0.29) is 0 Å². The Hall–Kier alpha value is -2.76. The summed E-state index contributed by atoms with van der Waals surface area (Å²) >= 11 is 0. The lowest BCUT2D eigenvalue weighted by molar-refractivity contribution is 0.785. The van der Waals surface area contributed by atoms with Crippen molar-refractivity contribution in [3.05, 3.63) is 48.4 Å². The molecular formula is C13H12N6. The largest absolute Gasteiger partial charge is 0.261 e. The van der Waals surface area contributed by atoms with Gasteiger partial charge in [0.15, 0.2) is 11.5 Å². The van der Waals surface area contributed by atoms with Gasteiger partial charge in [-0.2, -0.15) is 10.2 Å². The first-order valence-corrected chi connectivity index (χ1v) is 5.81. The minimum absolute atomic E-state index is 0.644. The van der Waals surface area contributed by atoms with Crippen LogP contribution in [-0.4, -0.2) is 26.0 Å². The molecule has 2 heterocycles. The quantitative estimate of drug-likeness (QED) is 0.570. The third-order valence-electron chi connectivity index (χ3n) is 2.71. The van der Waals surface area contributed by atoms with Crippen LogP contribution < -0.4 is 5.43 Å². The van der Waals surface area contributed by atoms with Crippen LogP contribution in [-0.2, 0) is 7.05 Å². The molecule has 6 nitrogen and oxygen atoms in total. The van der Waals surface area contributed by atoms with Crippen molar-refractivity contribution in [3.63, 3.8) is 0 Å². The van der Waals surface area contributed by atoms with Crippen molar-refractivity contribution in [1.29, 1.82) is 0 Å². The number of hydrogen-bond acceptors (Lipinski definition) is 5. The van der Waals surface area contributed by atoms with Crippen LogP contribution in [0.15, 0.2) is 48.0 Å². The highest BCUT2D eigenvalue weighted by molar-refractivity contribution is 5.87. The highest BCUT2D eigenvalue weighted by atomic mass is 15.3. The molecule has 0 saturated heterocycles. The van der Waals surface area contributed by atoms with Gasteiger partial charge in [0.2, 0.25) is 0 Å². The Bertz CT molecular complexity index is 716. The molecule has 0 bridgehead atoms. The monoisotopic (exact) mass is 252 g/mol. The smallest absolute Gasteiger partial charge is 0.163 e. The molecule has 0 amide bonds. The van der Waals surface area contributed by atoms with Gasteiger partial charge in [-0.1, -0.05) is 30.3 Å². The summed E-state index contributed by atoms with van der Waals surface area (Å²) < 4.78 is 1.70. The van der Waals surface area contributed by atoms with Crippen LogP contribution in [0.4, 0.5) is 5.82 Å². The maximum Gasteiger partial charge on any atom is 0.163 e. The Balaban J connectivity index is 1.84. The number of rotatable bonds is 3. The lowest BCUT2D eigenvalue weighted by Crippen LogP contribution is -1.97. The summed E-state index contributed by atoms with van der Waals surface area (Å²) in [6.45, 7) is 0. The van der Waals surface area contributed by atoms with E-state index in [4.69, 9.17) is 0 Å². The summed E-state index contributed by atoms with van der Waals surface area (Å²) in [5, 5.41) is 9.16. The number of fused-ring (bicyclic) bond motifs is 1. The van der Waals surface area contributed by atoms with Gasteiger partial charge in [0.05, 0.1) is 17.8 Å². The molecule has 0 radical (unpaired) electrons. The van der Waals surface area contributed by atoms with Gasteiger partial charge in [-0.05, 0) is 5.56 Å². The van der Waals surface area contributed by atoms with E-state index in [1.165, 1.54) is 6.33 Å². The minimum atomic E-state index is 0.644. The summed E-state index contributed by atoms with van der Waals surface area (Å²) in [6.07, 6.45) is 4.95. The minimum Gasteiger partial charge on any atom is -0.261 e. The number of nitrogens with one attached hydrogen (secondary N) is 1. The normalized spacial score (nSPS) is 11.2. The first-order valence-electron chi connectivity index (χ1n) is 5.81. The fourth-order valence-electron chi connectivity index (χ4n) is 1.76. The van der Waals surface area contributed by atoms with Crippen LogP contribution in [0.1, 0.15) is 5.56 Å². The molecule has 0 spiro atoms. The van der Waals surface area contributed by atoms with E-state index in [1.54, 1.807) is 17.1 Å². The fraction of sp³-hybridized carbons (Fsp3) is 0.0769. The molecule has 2 aromatic heterocycles. The lowest BCUT2D eigenvalue weighted by atomic mass is 10.2. The zero-order chi connectivity index (χ0) is 13.1. The predicted octanol–water partition coefficient (Wildman–Crippen LogP) is 1.81. The molecule has 1 N–H and O–H groups in total. The molecule has 0 unspecified atom stereocenters. The summed E-state index contributed by atoms with van der Waals surface area (Å²) in [5.74, 6) is 0.644. The summed E-state index contributed by atoms with van der Waals surface area (Å²) in [4.78, 5) is 8.33. The van der Waals surface area contributed by atoms with Crippen molar-refractivity contribution >= 4 is 23.1 Å². The maximum atomic E-state index is 4.17. The number of nitrogens with zero attached hydrogens (tertiary/aromatic N) is 5. The van der Waals surface area contributed by atoms with E-state index in [0.29, 0.717) is 5.82 Å². The van der Waals surface area contributed by atoms with Crippen LogP contribution in [0, 0.1) is 0 Å². The predicted molar refractivity (Wildman–Crippen MR) is 74.0 cm³/mol. The Morgan fingerprint density at radius 2 is 2.05 bits per heavy atom. The topological polar surface area (TPSA) is 68.0 Å². The van der Waals surface area contributed by atoms with Gasteiger partial charge in [-0.25, -0.2) is 9.97 Å². The van der Waals surface area contributed by atoms with Crippen LogP contribution in [0.25, 0.3) is 11.0 Å². The number of hydrogen-bond donors (Lipinski definition) is 1. The second-order valence-electron chi connectivity index (χ2n) is 4.01. The second-order valence-corrected chi connectivity index (χ2v) is 4.01. The van der Waals surface area contributed by atoms with Crippen molar-refractivity contribution in [2.24, 2.45) is 12.1 Å². The molecule has 0 saturated carbocycles. The van der Waals surface area contributed by atoms with E-state index in [1.807, 2.05) is 37.4 Å². The van der Waals surface area contributed by atoms with Gasteiger partial charge in [-0.3, -0.25) is 10.1 Å². The Morgan fingerprint density at radius 1 is 1.21 bits per heavy atom. The van der Waals surface area contributed by atoms with Gasteiger partial charge < -0.3 is 0 Å². The zero-order valence-electron chi connectivity index (χ0n) is 10.4. The fourth-order valence-corrected chi connectivity index (χ4v) is 1.76. The molecule has 3 rings (SSSR count). The molecule has 19 heavy (non-hydrogen) atoms. The van der Waals surface area contributed by atoms with Crippen molar-refractivity contribution in [1.82, 2.24) is 19.7 Å². The first kappa shape index (κ1) is 11.3. The average molecular weight is 252 g/mol. The molecule has 3 aromatic rings. The highest BCUT2D eigenvalue weighted by Gasteiger charge is 2.06. The number of benzene rings is 1. The molecule has 0 atom stereocenters. The van der Waals surface area contributed by atoms with Crippen molar-refractivity contribution < 1.29 is 0 Å². The summed E-state index contributed by atoms with van der Waals surface area (Å²) in [5.41, 5.74) is 4.71. The molecule has 0 fully saturated rings. The van der Waals surface area contributed by atoms with E-state index >= 15 is 0 Å². The average Bonchev–Trinajstić information content (AvgIpc) is 2.83. The van der Waals surface area contributed by atoms with E-state index in [2.05, 4.69) is 25.6 Å². The van der Waals surface area contributed by atoms with Crippen LogP contribution in [0.3, 0.4) is 0 Å². The number of aryl methyl sites for hydroxylation is 1. The van der Waals surface area contributed by atoms with Crippen LogP contribution in [0.5, 0.6) is 0 Å². The maximum absolute atomic E-state index is 4.17. The molecular weight excluding hydrogens is 240 g/mol. The third-order valence-corrected chi connectivity index (χ3v) is 2.71. The van der Waals surface area contributed by atoms with Gasteiger partial charge in [0.25, 0.3) is 0 Å². The van der Waals surface area contributed by atoms with Crippen LogP contribution in [0.2, 0.25) is 0 Å². The molecule has 6 heteroatoms. The molecule has 94 valence electrons. The first-order chi connectivity index (χ1) is 9.34. The standard InChI is InChI=1S/C13H12N6/c1-19-13-11(8-17-19)12(14-9-15-13)18-16-7-10-5-3-2-4-6-10/h2-9H,1H3,(H,14,15,18)/b16-7+. The van der Waals surface area contributed by atoms with Crippen molar-refractivity contribution in [3.8, 4) is 0 Å². The molecule has 0 aliphatic carbocycles. The van der Waals surface area contributed by atoms with E-state index < -0.39 is 0 Å². The van der Waals surface area contributed by atoms with Crippen molar-refractivity contribution in [2.75, 3.05) is 5.43 Å². The van der Waals surface area contributed by atoms with Gasteiger partial charge in [-0.15, -0.1) is 0 Å². The summed E-state index contributed by atoms with van der Waals surface area (Å²) in [6, 6.07) is 9.85. The van der Waals surface area contributed by atoms with Crippen molar-refractivity contribution in [2.45, 2.75) is 0 Å². The number of anilines is 1. The number of aromatic nitrogens is 4.